The van der Waals surface area contributed by atoms with Crippen LogP contribution in [0, 0.1) is 0 Å². The van der Waals surface area contributed by atoms with Crippen molar-refractivity contribution in [1.29, 1.82) is 0 Å². The number of hydrogen-bond acceptors (Lipinski definition) is 7. The summed E-state index contributed by atoms with van der Waals surface area (Å²) in [6, 6.07) is 11.0. The van der Waals surface area contributed by atoms with E-state index in [1.54, 1.807) is 29.5 Å². The highest BCUT2D eigenvalue weighted by atomic mass is 32.1. The van der Waals surface area contributed by atoms with Gasteiger partial charge in [-0.05, 0) is 23.6 Å². The van der Waals surface area contributed by atoms with Crippen LogP contribution < -0.4 is 5.32 Å². The van der Waals surface area contributed by atoms with E-state index in [-0.39, 0.29) is 0 Å². The first-order chi connectivity index (χ1) is 10.8. The van der Waals surface area contributed by atoms with Crippen LogP contribution in [-0.2, 0) is 11.3 Å². The molecular weight excluding hydrogens is 302 g/mol. The number of nitrogens with one attached hydrogen (secondary N) is 1. The molecule has 3 aromatic rings. The second kappa shape index (κ2) is 6.40. The van der Waals surface area contributed by atoms with Crippen LogP contribution in [-0.4, -0.2) is 23.2 Å². The van der Waals surface area contributed by atoms with Crippen molar-refractivity contribution >= 4 is 23.0 Å². The van der Waals surface area contributed by atoms with Gasteiger partial charge in [0.25, 0.3) is 0 Å². The summed E-state index contributed by atoms with van der Waals surface area (Å²) < 4.78 is 9.96. The standard InChI is InChI=1S/C15H13N3O3S/c1-20-15(19)10-5-2-3-6-11(10)16-9-13-17-14(18-21-13)12-7-4-8-22-12/h2-8,16H,9H2,1H3. The Hall–Kier alpha value is -2.67. The summed E-state index contributed by atoms with van der Waals surface area (Å²) in [4.78, 5) is 17.0. The van der Waals surface area contributed by atoms with Gasteiger partial charge in [0.05, 0.1) is 24.1 Å². The normalized spacial score (nSPS) is 10.4. The Morgan fingerprint density at radius 3 is 2.95 bits per heavy atom. The van der Waals surface area contributed by atoms with Gasteiger partial charge in [-0.25, -0.2) is 4.79 Å². The minimum Gasteiger partial charge on any atom is -0.465 e. The minimum atomic E-state index is -0.395. The molecule has 0 spiro atoms. The van der Waals surface area contributed by atoms with Crippen molar-refractivity contribution < 1.29 is 14.1 Å². The average Bonchev–Trinajstić information content (AvgIpc) is 3.23. The molecule has 112 valence electrons. The Morgan fingerprint density at radius 2 is 2.18 bits per heavy atom. The molecule has 0 radical (unpaired) electrons. The quantitative estimate of drug-likeness (QED) is 0.729. The fraction of sp³-hybridized carbons (Fsp3) is 0.133. The molecule has 0 atom stereocenters. The summed E-state index contributed by atoms with van der Waals surface area (Å²) in [7, 11) is 1.35. The second-order valence-electron chi connectivity index (χ2n) is 4.38. The van der Waals surface area contributed by atoms with E-state index < -0.39 is 5.97 Å². The monoisotopic (exact) mass is 315 g/mol. The largest absolute Gasteiger partial charge is 0.465 e. The zero-order chi connectivity index (χ0) is 15.4. The first kappa shape index (κ1) is 14.3. The predicted octanol–water partition coefficient (Wildman–Crippen LogP) is 3.20. The molecule has 2 aromatic heterocycles. The number of hydrogen-bond donors (Lipinski definition) is 1. The molecule has 0 aliphatic carbocycles. The van der Waals surface area contributed by atoms with Crippen molar-refractivity contribution in [3.8, 4) is 10.7 Å². The van der Waals surface area contributed by atoms with Crippen molar-refractivity contribution in [3.05, 3.63) is 53.2 Å². The Balaban J connectivity index is 1.72. The van der Waals surface area contributed by atoms with Gasteiger partial charge in [0.2, 0.25) is 11.7 Å². The van der Waals surface area contributed by atoms with Crippen molar-refractivity contribution in [2.45, 2.75) is 6.54 Å². The zero-order valence-electron chi connectivity index (χ0n) is 11.8. The molecule has 2 heterocycles. The van der Waals surface area contributed by atoms with Gasteiger partial charge < -0.3 is 14.6 Å². The van der Waals surface area contributed by atoms with E-state index in [1.807, 2.05) is 23.6 Å². The molecule has 1 aromatic carbocycles. The molecule has 0 aliphatic heterocycles. The number of anilines is 1. The number of thiophene rings is 1. The molecule has 0 bridgehead atoms. The topological polar surface area (TPSA) is 77.2 Å². The fourth-order valence-corrected chi connectivity index (χ4v) is 2.58. The van der Waals surface area contributed by atoms with Crippen LogP contribution in [0.5, 0.6) is 0 Å². The number of benzene rings is 1. The van der Waals surface area contributed by atoms with Gasteiger partial charge in [0.15, 0.2) is 0 Å². The molecule has 0 saturated heterocycles. The van der Waals surface area contributed by atoms with E-state index in [9.17, 15) is 4.79 Å². The van der Waals surface area contributed by atoms with Crippen molar-refractivity contribution in [2.75, 3.05) is 12.4 Å². The van der Waals surface area contributed by atoms with Crippen molar-refractivity contribution in [1.82, 2.24) is 10.1 Å². The number of aromatic nitrogens is 2. The molecule has 0 unspecified atom stereocenters. The zero-order valence-corrected chi connectivity index (χ0v) is 12.6. The maximum Gasteiger partial charge on any atom is 0.339 e. The third-order valence-corrected chi connectivity index (χ3v) is 3.84. The van der Waals surface area contributed by atoms with Crippen molar-refractivity contribution in [3.63, 3.8) is 0 Å². The molecule has 0 saturated carbocycles. The van der Waals surface area contributed by atoms with Gasteiger partial charge in [-0.2, -0.15) is 4.98 Å². The molecule has 7 heteroatoms. The number of para-hydroxylation sites is 1. The maximum atomic E-state index is 11.7. The predicted molar refractivity (Wildman–Crippen MR) is 82.7 cm³/mol. The lowest BCUT2D eigenvalue weighted by Gasteiger charge is -2.08. The Morgan fingerprint density at radius 1 is 1.32 bits per heavy atom. The second-order valence-corrected chi connectivity index (χ2v) is 5.33. The summed E-state index contributed by atoms with van der Waals surface area (Å²) in [5.41, 5.74) is 1.12. The molecular formula is C15H13N3O3S. The Bertz CT molecular complexity index is 768. The molecule has 0 aliphatic rings. The van der Waals surface area contributed by atoms with Gasteiger partial charge in [-0.1, -0.05) is 23.4 Å². The lowest BCUT2D eigenvalue weighted by molar-refractivity contribution is 0.0602. The van der Waals surface area contributed by atoms with Gasteiger partial charge in [0, 0.05) is 5.69 Å². The van der Waals surface area contributed by atoms with E-state index >= 15 is 0 Å². The van der Waals surface area contributed by atoms with Crippen LogP contribution in [0.3, 0.4) is 0 Å². The molecule has 0 fully saturated rings. The first-order valence-corrected chi connectivity index (χ1v) is 7.43. The molecule has 3 rings (SSSR count). The highest BCUT2D eigenvalue weighted by molar-refractivity contribution is 7.13. The summed E-state index contributed by atoms with van der Waals surface area (Å²) >= 11 is 1.55. The fourth-order valence-electron chi connectivity index (χ4n) is 1.93. The SMILES string of the molecule is COC(=O)c1ccccc1NCc1nc(-c2cccs2)no1. The van der Waals surface area contributed by atoms with Crippen LogP contribution >= 0.6 is 11.3 Å². The van der Waals surface area contributed by atoms with Gasteiger partial charge in [0.1, 0.15) is 0 Å². The third kappa shape index (κ3) is 2.99. The van der Waals surface area contributed by atoms with Crippen molar-refractivity contribution in [2.24, 2.45) is 0 Å². The first-order valence-electron chi connectivity index (χ1n) is 6.55. The lowest BCUT2D eigenvalue weighted by Crippen LogP contribution is -2.08. The lowest BCUT2D eigenvalue weighted by atomic mass is 10.2. The Labute approximate surface area is 130 Å². The maximum absolute atomic E-state index is 11.7. The van der Waals surface area contributed by atoms with E-state index in [0.717, 1.165) is 4.88 Å². The molecule has 0 amide bonds. The van der Waals surface area contributed by atoms with Crippen LogP contribution in [0.4, 0.5) is 5.69 Å². The van der Waals surface area contributed by atoms with Crippen LogP contribution in [0.2, 0.25) is 0 Å². The van der Waals surface area contributed by atoms with Gasteiger partial charge >= 0.3 is 5.97 Å². The van der Waals surface area contributed by atoms with E-state index in [1.165, 1.54) is 7.11 Å². The van der Waals surface area contributed by atoms with Gasteiger partial charge in [-0.15, -0.1) is 11.3 Å². The van der Waals surface area contributed by atoms with E-state index in [2.05, 4.69) is 15.5 Å². The third-order valence-electron chi connectivity index (χ3n) is 2.97. The van der Waals surface area contributed by atoms with Crippen LogP contribution in [0.25, 0.3) is 10.7 Å². The number of rotatable bonds is 5. The van der Waals surface area contributed by atoms with Gasteiger partial charge in [-0.3, -0.25) is 0 Å². The highest BCUT2D eigenvalue weighted by Gasteiger charge is 2.13. The highest BCUT2D eigenvalue weighted by Crippen LogP contribution is 2.22. The summed E-state index contributed by atoms with van der Waals surface area (Å²) in [5, 5.41) is 9.00. The minimum absolute atomic E-state index is 0.326. The number of carbonyl (C=O) groups is 1. The number of methoxy groups -OCH3 is 1. The van der Waals surface area contributed by atoms with E-state index in [4.69, 9.17) is 9.26 Å². The van der Waals surface area contributed by atoms with Crippen LogP contribution in [0.15, 0.2) is 46.3 Å². The Kier molecular flexibility index (Phi) is 4.15. The average molecular weight is 315 g/mol. The molecule has 6 nitrogen and oxygen atoms in total. The number of carbonyl (C=O) groups excluding carboxylic acids is 1. The smallest absolute Gasteiger partial charge is 0.339 e. The molecule has 1 N–H and O–H groups in total. The van der Waals surface area contributed by atoms with E-state index in [0.29, 0.717) is 29.5 Å². The number of ether oxygens (including phenoxy) is 1. The number of nitrogens with zero attached hydrogens (tertiary/aromatic N) is 2. The summed E-state index contributed by atoms with van der Waals surface area (Å²) in [5.74, 6) is 0.615. The number of esters is 1. The molecule has 22 heavy (non-hydrogen) atoms. The summed E-state index contributed by atoms with van der Waals surface area (Å²) in [6.45, 7) is 0.326. The van der Waals surface area contributed by atoms with Crippen LogP contribution in [0.1, 0.15) is 16.2 Å². The summed E-state index contributed by atoms with van der Waals surface area (Å²) in [6.07, 6.45) is 0.